The smallest absolute Gasteiger partial charge is 0.227 e. The van der Waals surface area contributed by atoms with Gasteiger partial charge >= 0.3 is 0 Å². The van der Waals surface area contributed by atoms with Crippen molar-refractivity contribution < 1.29 is 4.79 Å². The molecule has 1 aliphatic heterocycles. The van der Waals surface area contributed by atoms with E-state index in [1.54, 1.807) is 0 Å². The van der Waals surface area contributed by atoms with Crippen LogP contribution in [0.15, 0.2) is 48.5 Å². The predicted octanol–water partition coefficient (Wildman–Crippen LogP) is 5.95. The van der Waals surface area contributed by atoms with Crippen molar-refractivity contribution in [3.8, 4) is 0 Å². The van der Waals surface area contributed by atoms with Crippen LogP contribution in [0.25, 0.3) is 0 Å². The zero-order valence-electron chi connectivity index (χ0n) is 17.8. The minimum absolute atomic E-state index is 0.0300. The lowest BCUT2D eigenvalue weighted by atomic mass is 9.91. The largest absolute Gasteiger partial charge is 0.330 e. The molecular formula is C26H29NOS. The van der Waals surface area contributed by atoms with Crippen LogP contribution in [-0.4, -0.2) is 17.4 Å². The number of hydrogen-bond donors (Lipinski definition) is 0. The highest BCUT2D eigenvalue weighted by Crippen LogP contribution is 2.43. The number of fused-ring (bicyclic) bond motifs is 1. The maximum atomic E-state index is 13.5. The molecule has 3 heteroatoms. The first-order valence-corrected chi connectivity index (χ1v) is 11.3. The number of thiophene rings is 1. The molecule has 2 aromatic carbocycles. The van der Waals surface area contributed by atoms with Gasteiger partial charge in [-0.05, 0) is 55.9 Å². The first-order valence-electron chi connectivity index (χ1n) is 10.5. The van der Waals surface area contributed by atoms with E-state index in [0.29, 0.717) is 6.42 Å². The first-order chi connectivity index (χ1) is 14.0. The van der Waals surface area contributed by atoms with E-state index < -0.39 is 0 Å². The summed E-state index contributed by atoms with van der Waals surface area (Å²) in [5.41, 5.74) is 7.74. The number of aryl methyl sites for hydroxylation is 3. The molecule has 0 radical (unpaired) electrons. The maximum Gasteiger partial charge on any atom is 0.227 e. The van der Waals surface area contributed by atoms with Crippen molar-refractivity contribution in [1.82, 2.24) is 4.90 Å². The Morgan fingerprint density at radius 1 is 1.07 bits per heavy atom. The van der Waals surface area contributed by atoms with Gasteiger partial charge in [0.25, 0.3) is 0 Å². The molecule has 2 heterocycles. The molecular weight excluding hydrogens is 374 g/mol. The normalized spacial score (nSPS) is 16.0. The van der Waals surface area contributed by atoms with Crippen LogP contribution in [-0.2, 0) is 24.1 Å². The zero-order chi connectivity index (χ0) is 20.5. The van der Waals surface area contributed by atoms with Gasteiger partial charge in [0, 0.05) is 16.3 Å². The van der Waals surface area contributed by atoms with Gasteiger partial charge in [0.15, 0.2) is 0 Å². The molecule has 0 bridgehead atoms. The van der Waals surface area contributed by atoms with E-state index in [4.69, 9.17) is 0 Å². The Morgan fingerprint density at radius 2 is 1.76 bits per heavy atom. The van der Waals surface area contributed by atoms with Crippen molar-refractivity contribution >= 4 is 17.2 Å². The molecule has 1 aliphatic rings. The summed E-state index contributed by atoms with van der Waals surface area (Å²) >= 11 is 1.88. The van der Waals surface area contributed by atoms with Crippen LogP contribution < -0.4 is 0 Å². The fraction of sp³-hybridized carbons (Fsp3) is 0.346. The zero-order valence-corrected chi connectivity index (χ0v) is 18.6. The van der Waals surface area contributed by atoms with E-state index in [9.17, 15) is 4.79 Å². The molecule has 0 spiro atoms. The molecule has 29 heavy (non-hydrogen) atoms. The minimum Gasteiger partial charge on any atom is -0.330 e. The Hall–Kier alpha value is -2.39. The highest BCUT2D eigenvalue weighted by atomic mass is 32.1. The summed E-state index contributed by atoms with van der Waals surface area (Å²) in [6, 6.07) is 17.0. The molecule has 4 rings (SSSR count). The number of carbonyl (C=O) groups excluding carboxylic acids is 1. The third-order valence-electron chi connectivity index (χ3n) is 5.94. The second-order valence-electron chi connectivity index (χ2n) is 8.16. The van der Waals surface area contributed by atoms with E-state index in [0.717, 1.165) is 24.9 Å². The highest BCUT2D eigenvalue weighted by Gasteiger charge is 2.35. The van der Waals surface area contributed by atoms with Crippen LogP contribution in [0.3, 0.4) is 0 Å². The Labute approximate surface area is 178 Å². The fourth-order valence-electron chi connectivity index (χ4n) is 4.79. The Morgan fingerprint density at radius 3 is 2.41 bits per heavy atom. The predicted molar refractivity (Wildman–Crippen MR) is 122 cm³/mol. The summed E-state index contributed by atoms with van der Waals surface area (Å²) in [4.78, 5) is 18.4. The van der Waals surface area contributed by atoms with Gasteiger partial charge in [-0.15, -0.1) is 11.3 Å². The van der Waals surface area contributed by atoms with Crippen molar-refractivity contribution in [1.29, 1.82) is 0 Å². The van der Waals surface area contributed by atoms with Gasteiger partial charge in [0.1, 0.15) is 0 Å². The van der Waals surface area contributed by atoms with Gasteiger partial charge in [-0.2, -0.15) is 0 Å². The van der Waals surface area contributed by atoms with Crippen molar-refractivity contribution in [3.05, 3.63) is 91.7 Å². The van der Waals surface area contributed by atoms with Crippen LogP contribution in [0.1, 0.15) is 56.1 Å². The SMILES string of the molecule is CCc1c(C)sc2c1CCN(C(=O)Cc1cc(C)cc(C)c1)[C@@H]2c1ccccc1. The van der Waals surface area contributed by atoms with Gasteiger partial charge in [0.2, 0.25) is 5.91 Å². The van der Waals surface area contributed by atoms with Gasteiger partial charge in [0.05, 0.1) is 12.5 Å². The second kappa shape index (κ2) is 8.16. The Bertz CT molecular complexity index is 1010. The molecule has 3 aromatic rings. The standard InChI is InChI=1S/C26H29NOS/c1-5-22-19(4)29-26-23(22)11-12-27(25(26)21-9-7-6-8-10-21)24(28)16-20-14-17(2)13-18(3)15-20/h6-10,13-15,25H,5,11-12,16H2,1-4H3/t25-/m1/s1. The van der Waals surface area contributed by atoms with Crippen molar-refractivity contribution in [2.75, 3.05) is 6.54 Å². The van der Waals surface area contributed by atoms with E-state index in [1.165, 1.54) is 37.6 Å². The topological polar surface area (TPSA) is 20.3 Å². The summed E-state index contributed by atoms with van der Waals surface area (Å²) in [5.74, 6) is 0.221. The number of carbonyl (C=O) groups is 1. The van der Waals surface area contributed by atoms with Gasteiger partial charge in [-0.25, -0.2) is 0 Å². The van der Waals surface area contributed by atoms with Crippen molar-refractivity contribution in [2.24, 2.45) is 0 Å². The molecule has 150 valence electrons. The average Bonchev–Trinajstić information content (AvgIpc) is 3.01. The van der Waals surface area contributed by atoms with E-state index in [-0.39, 0.29) is 11.9 Å². The summed E-state index contributed by atoms with van der Waals surface area (Å²) in [7, 11) is 0. The van der Waals surface area contributed by atoms with Gasteiger partial charge < -0.3 is 4.90 Å². The number of rotatable bonds is 4. The van der Waals surface area contributed by atoms with Crippen LogP contribution >= 0.6 is 11.3 Å². The number of amides is 1. The maximum absolute atomic E-state index is 13.5. The number of hydrogen-bond acceptors (Lipinski definition) is 2. The van der Waals surface area contributed by atoms with Crippen molar-refractivity contribution in [2.45, 2.75) is 53.0 Å². The molecule has 0 saturated carbocycles. The fourth-order valence-corrected chi connectivity index (χ4v) is 6.24. The molecule has 0 fully saturated rings. The third-order valence-corrected chi connectivity index (χ3v) is 7.18. The second-order valence-corrected chi connectivity index (χ2v) is 9.41. The quantitative estimate of drug-likeness (QED) is 0.527. The van der Waals surface area contributed by atoms with Gasteiger partial charge in [-0.1, -0.05) is 66.6 Å². The van der Waals surface area contributed by atoms with Crippen LogP contribution in [0.4, 0.5) is 0 Å². The number of benzene rings is 2. The Balaban J connectivity index is 1.72. The summed E-state index contributed by atoms with van der Waals surface area (Å²) in [6.07, 6.45) is 2.49. The molecule has 1 aromatic heterocycles. The monoisotopic (exact) mass is 403 g/mol. The lowest BCUT2D eigenvalue weighted by molar-refractivity contribution is -0.132. The highest BCUT2D eigenvalue weighted by molar-refractivity contribution is 7.12. The molecule has 0 unspecified atom stereocenters. The molecule has 0 N–H and O–H groups in total. The first kappa shape index (κ1) is 19.9. The summed E-state index contributed by atoms with van der Waals surface area (Å²) in [5, 5.41) is 0. The molecule has 1 atom stereocenters. The summed E-state index contributed by atoms with van der Waals surface area (Å²) < 4.78 is 0. The van der Waals surface area contributed by atoms with Gasteiger partial charge in [-0.3, -0.25) is 4.79 Å². The Kier molecular flexibility index (Phi) is 5.60. The average molecular weight is 404 g/mol. The molecule has 0 aliphatic carbocycles. The van der Waals surface area contributed by atoms with E-state index in [2.05, 4.69) is 75.1 Å². The molecule has 1 amide bonds. The van der Waals surface area contributed by atoms with Crippen LogP contribution in [0, 0.1) is 20.8 Å². The minimum atomic E-state index is 0.0300. The van der Waals surface area contributed by atoms with E-state index in [1.807, 2.05) is 17.4 Å². The lowest BCUT2D eigenvalue weighted by Crippen LogP contribution is -2.41. The number of nitrogens with zero attached hydrogens (tertiary/aromatic N) is 1. The van der Waals surface area contributed by atoms with E-state index >= 15 is 0 Å². The summed E-state index contributed by atoms with van der Waals surface area (Å²) in [6.45, 7) is 9.46. The van der Waals surface area contributed by atoms with Crippen molar-refractivity contribution in [3.63, 3.8) is 0 Å². The molecule has 0 saturated heterocycles. The molecule has 2 nitrogen and oxygen atoms in total. The van der Waals surface area contributed by atoms with Crippen LogP contribution in [0.2, 0.25) is 0 Å². The lowest BCUT2D eigenvalue weighted by Gasteiger charge is -2.36. The van der Waals surface area contributed by atoms with Crippen LogP contribution in [0.5, 0.6) is 0 Å². The third kappa shape index (κ3) is 3.89.